The van der Waals surface area contributed by atoms with Gasteiger partial charge in [0, 0.05) is 24.8 Å². The van der Waals surface area contributed by atoms with Gasteiger partial charge < -0.3 is 10.2 Å². The van der Waals surface area contributed by atoms with E-state index in [9.17, 15) is 4.79 Å². The molecule has 1 amide bonds. The topological polar surface area (TPSA) is 45.2 Å². The number of carbonyl (C=O) groups excluding carboxylic acids is 1. The van der Waals surface area contributed by atoms with Gasteiger partial charge in [-0.05, 0) is 61.7 Å². The van der Waals surface area contributed by atoms with Gasteiger partial charge in [-0.25, -0.2) is 4.98 Å². The smallest absolute Gasteiger partial charge is 0.225 e. The number of carbonyl (C=O) groups is 1. The highest BCUT2D eigenvalue weighted by Gasteiger charge is 2.29. The monoisotopic (exact) mass is 339 g/mol. The summed E-state index contributed by atoms with van der Waals surface area (Å²) in [5, 5.41) is 3.08. The van der Waals surface area contributed by atoms with Crippen molar-refractivity contribution in [3.63, 3.8) is 0 Å². The Balaban J connectivity index is 2.06. The second-order valence-corrected chi connectivity index (χ2v) is 7.19. The van der Waals surface area contributed by atoms with Crippen molar-refractivity contribution in [3.05, 3.63) is 22.8 Å². The van der Waals surface area contributed by atoms with Crippen LogP contribution in [0.3, 0.4) is 0 Å². The van der Waals surface area contributed by atoms with Gasteiger partial charge in [0.25, 0.3) is 0 Å². The van der Waals surface area contributed by atoms with Crippen LogP contribution in [0.2, 0.25) is 0 Å². The fourth-order valence-electron chi connectivity index (χ4n) is 2.47. The second-order valence-electron chi connectivity index (χ2n) is 6.33. The molecule has 1 saturated heterocycles. The van der Waals surface area contributed by atoms with Crippen molar-refractivity contribution in [2.75, 3.05) is 18.0 Å². The van der Waals surface area contributed by atoms with Gasteiger partial charge >= 0.3 is 0 Å². The predicted octanol–water partition coefficient (Wildman–Crippen LogP) is 2.98. The first kappa shape index (κ1) is 15.3. The number of anilines is 1. The van der Waals surface area contributed by atoms with Crippen molar-refractivity contribution in [2.24, 2.45) is 5.92 Å². The van der Waals surface area contributed by atoms with E-state index in [0.29, 0.717) is 0 Å². The first-order chi connectivity index (χ1) is 9.37. The van der Waals surface area contributed by atoms with Crippen LogP contribution in [0.5, 0.6) is 0 Å². The number of hydrogen-bond donors (Lipinski definition) is 1. The normalized spacial score (nSPS) is 19.8. The van der Waals surface area contributed by atoms with Crippen LogP contribution in [0.15, 0.2) is 22.8 Å². The van der Waals surface area contributed by atoms with Crippen LogP contribution in [0.4, 0.5) is 5.82 Å². The summed E-state index contributed by atoms with van der Waals surface area (Å²) >= 11 is 3.53. The summed E-state index contributed by atoms with van der Waals surface area (Å²) in [6.45, 7) is 7.73. The zero-order chi connectivity index (χ0) is 14.8. The number of hydrogen-bond acceptors (Lipinski definition) is 3. The van der Waals surface area contributed by atoms with Crippen molar-refractivity contribution in [2.45, 2.75) is 39.2 Å². The van der Waals surface area contributed by atoms with Crippen molar-refractivity contribution in [1.82, 2.24) is 10.3 Å². The van der Waals surface area contributed by atoms with Crippen LogP contribution in [0.1, 0.15) is 33.6 Å². The van der Waals surface area contributed by atoms with Gasteiger partial charge in [-0.3, -0.25) is 4.79 Å². The molecule has 0 aromatic carbocycles. The lowest BCUT2D eigenvalue weighted by Gasteiger charge is -2.34. The molecule has 2 rings (SSSR count). The third-order valence-electron chi connectivity index (χ3n) is 3.33. The molecule has 0 bridgehead atoms. The Hall–Kier alpha value is -1.10. The zero-order valence-electron chi connectivity index (χ0n) is 12.3. The molecule has 0 saturated carbocycles. The third-order valence-corrected chi connectivity index (χ3v) is 3.95. The molecule has 1 aromatic rings. The van der Waals surface area contributed by atoms with Crippen LogP contribution in [-0.2, 0) is 4.79 Å². The number of pyridine rings is 1. The molecule has 0 spiro atoms. The van der Waals surface area contributed by atoms with E-state index in [1.54, 1.807) is 6.20 Å². The summed E-state index contributed by atoms with van der Waals surface area (Å²) < 4.78 is 0.983. The molecule has 1 atom stereocenters. The van der Waals surface area contributed by atoms with Crippen molar-refractivity contribution in [3.8, 4) is 0 Å². The van der Waals surface area contributed by atoms with Gasteiger partial charge in [0.1, 0.15) is 5.82 Å². The molecule has 1 fully saturated rings. The fraction of sp³-hybridized carbons (Fsp3) is 0.600. The predicted molar refractivity (Wildman–Crippen MR) is 84.8 cm³/mol. The number of amides is 1. The average molecular weight is 340 g/mol. The van der Waals surface area contributed by atoms with E-state index in [1.165, 1.54) is 0 Å². The lowest BCUT2D eigenvalue weighted by molar-refractivity contribution is -0.126. The Labute approximate surface area is 129 Å². The summed E-state index contributed by atoms with van der Waals surface area (Å²) in [7, 11) is 0. The summed E-state index contributed by atoms with van der Waals surface area (Å²) in [5.74, 6) is 1.12. The van der Waals surface area contributed by atoms with E-state index in [2.05, 4.69) is 31.1 Å². The van der Waals surface area contributed by atoms with Crippen LogP contribution in [0.25, 0.3) is 0 Å². The minimum absolute atomic E-state index is 0.0388. The van der Waals surface area contributed by atoms with Gasteiger partial charge in [-0.15, -0.1) is 0 Å². The first-order valence-corrected chi connectivity index (χ1v) is 7.83. The van der Waals surface area contributed by atoms with E-state index in [1.807, 2.05) is 32.9 Å². The Morgan fingerprint density at radius 1 is 1.50 bits per heavy atom. The summed E-state index contributed by atoms with van der Waals surface area (Å²) in [6.07, 6.45) is 3.76. The molecule has 1 aromatic heterocycles. The molecule has 1 N–H and O–H groups in total. The zero-order valence-corrected chi connectivity index (χ0v) is 13.9. The van der Waals surface area contributed by atoms with Gasteiger partial charge in [0.05, 0.1) is 10.4 Å². The Kier molecular flexibility index (Phi) is 4.68. The number of nitrogens with one attached hydrogen (secondary N) is 1. The Morgan fingerprint density at radius 3 is 2.90 bits per heavy atom. The molecule has 0 radical (unpaired) electrons. The number of rotatable bonds is 2. The SMILES string of the molecule is CC(C)(C)NC(=O)C1CCCN(c2ncccc2Br)C1. The quantitative estimate of drug-likeness (QED) is 0.900. The first-order valence-electron chi connectivity index (χ1n) is 7.04. The van der Waals surface area contributed by atoms with Gasteiger partial charge in [-0.1, -0.05) is 0 Å². The van der Waals surface area contributed by atoms with E-state index >= 15 is 0 Å². The highest BCUT2D eigenvalue weighted by molar-refractivity contribution is 9.10. The van der Waals surface area contributed by atoms with Gasteiger partial charge in [0.15, 0.2) is 0 Å². The number of halogens is 1. The number of nitrogens with zero attached hydrogens (tertiary/aromatic N) is 2. The van der Waals surface area contributed by atoms with E-state index in [0.717, 1.165) is 36.2 Å². The Morgan fingerprint density at radius 2 is 2.25 bits per heavy atom. The maximum absolute atomic E-state index is 12.3. The van der Waals surface area contributed by atoms with Crippen LogP contribution in [-0.4, -0.2) is 29.5 Å². The third kappa shape index (κ3) is 3.95. The molecule has 20 heavy (non-hydrogen) atoms. The second kappa shape index (κ2) is 6.12. The van der Waals surface area contributed by atoms with E-state index in [-0.39, 0.29) is 17.4 Å². The molecular formula is C15H22BrN3O. The lowest BCUT2D eigenvalue weighted by Crippen LogP contribution is -2.48. The molecule has 1 aliphatic heterocycles. The van der Waals surface area contributed by atoms with Gasteiger partial charge in [-0.2, -0.15) is 0 Å². The average Bonchev–Trinajstić information content (AvgIpc) is 2.37. The standard InChI is InChI=1S/C15H22BrN3O/c1-15(2,3)18-14(20)11-6-5-9-19(10-11)13-12(16)7-4-8-17-13/h4,7-8,11H,5-6,9-10H2,1-3H3,(H,18,20). The molecule has 4 nitrogen and oxygen atoms in total. The molecule has 2 heterocycles. The highest BCUT2D eigenvalue weighted by atomic mass is 79.9. The number of aromatic nitrogens is 1. The number of piperidine rings is 1. The molecular weight excluding hydrogens is 318 g/mol. The van der Waals surface area contributed by atoms with E-state index < -0.39 is 0 Å². The molecule has 1 unspecified atom stereocenters. The minimum atomic E-state index is -0.176. The molecule has 1 aliphatic rings. The fourth-order valence-corrected chi connectivity index (χ4v) is 2.97. The minimum Gasteiger partial charge on any atom is -0.355 e. The highest BCUT2D eigenvalue weighted by Crippen LogP contribution is 2.27. The van der Waals surface area contributed by atoms with Crippen molar-refractivity contribution in [1.29, 1.82) is 0 Å². The Bertz CT molecular complexity index is 484. The van der Waals surface area contributed by atoms with E-state index in [4.69, 9.17) is 0 Å². The van der Waals surface area contributed by atoms with Crippen LogP contribution in [0, 0.1) is 5.92 Å². The summed E-state index contributed by atoms with van der Waals surface area (Å²) in [4.78, 5) is 18.9. The summed E-state index contributed by atoms with van der Waals surface area (Å²) in [5.41, 5.74) is -0.176. The maximum atomic E-state index is 12.3. The van der Waals surface area contributed by atoms with Gasteiger partial charge in [0.2, 0.25) is 5.91 Å². The lowest BCUT2D eigenvalue weighted by atomic mass is 9.95. The van der Waals surface area contributed by atoms with Crippen LogP contribution >= 0.6 is 15.9 Å². The molecule has 5 heteroatoms. The maximum Gasteiger partial charge on any atom is 0.225 e. The van der Waals surface area contributed by atoms with Crippen molar-refractivity contribution >= 4 is 27.7 Å². The summed E-state index contributed by atoms with van der Waals surface area (Å²) in [6, 6.07) is 3.89. The van der Waals surface area contributed by atoms with Crippen molar-refractivity contribution < 1.29 is 4.79 Å². The largest absolute Gasteiger partial charge is 0.355 e. The molecule has 110 valence electrons. The van der Waals surface area contributed by atoms with Crippen LogP contribution < -0.4 is 10.2 Å². The molecule has 0 aliphatic carbocycles.